The van der Waals surface area contributed by atoms with Crippen LogP contribution in [0.25, 0.3) is 0 Å². The minimum atomic E-state index is -3.27. The van der Waals surface area contributed by atoms with Gasteiger partial charge in [-0.15, -0.1) is 0 Å². The minimum absolute atomic E-state index is 0.486. The minimum Gasteiger partial charge on any atom is -0.423 e. The first-order valence-electron chi connectivity index (χ1n) is 6.59. The Balaban J connectivity index is 3.44. The number of hydrogen-bond acceptors (Lipinski definition) is 4. The van der Waals surface area contributed by atoms with Crippen LogP contribution >= 0.6 is 0 Å². The average molecular weight is 173 g/mol. The zero-order chi connectivity index (χ0) is 15.1. The standard InChI is InChI=1S/C7H11BN2O2/c1-2-3-7-6(8(11)12)4-9-5-10-7/h4-5,11-12H,2-3H2,1H3/i1D3,2D2,3D2. The number of rotatable bonds is 3. The fourth-order valence-corrected chi connectivity index (χ4v) is 0.693. The Kier molecular flexibility index (Phi) is 1.20. The van der Waals surface area contributed by atoms with Crippen LogP contribution in [0, 0.1) is 0 Å². The molecule has 0 spiro atoms. The third-order valence-corrected chi connectivity index (χ3v) is 1.20. The van der Waals surface area contributed by atoms with Gasteiger partial charge in [0.2, 0.25) is 0 Å². The van der Waals surface area contributed by atoms with Crippen molar-refractivity contribution in [2.45, 2.75) is 19.6 Å². The van der Waals surface area contributed by atoms with E-state index in [0.29, 0.717) is 0 Å². The summed E-state index contributed by atoms with van der Waals surface area (Å²) in [5.74, 6) is 0. The summed E-state index contributed by atoms with van der Waals surface area (Å²) in [6.07, 6.45) is -4.56. The van der Waals surface area contributed by atoms with E-state index in [4.69, 9.17) is 19.6 Å². The van der Waals surface area contributed by atoms with Crippen molar-refractivity contribution in [2.24, 2.45) is 0 Å². The van der Waals surface area contributed by atoms with Crippen molar-refractivity contribution in [2.75, 3.05) is 0 Å². The molecule has 0 saturated heterocycles. The lowest BCUT2D eigenvalue weighted by molar-refractivity contribution is 0.425. The van der Waals surface area contributed by atoms with Gasteiger partial charge in [0.05, 0.1) is 0 Å². The van der Waals surface area contributed by atoms with Gasteiger partial charge in [-0.1, -0.05) is 13.2 Å². The van der Waals surface area contributed by atoms with E-state index < -0.39 is 37.9 Å². The summed E-state index contributed by atoms with van der Waals surface area (Å²) in [7, 11) is -2.14. The molecule has 0 unspecified atom stereocenters. The fourth-order valence-electron chi connectivity index (χ4n) is 0.693. The second kappa shape index (κ2) is 4.18. The molecule has 0 fully saturated rings. The average Bonchev–Trinajstić information content (AvgIpc) is 2.27. The van der Waals surface area contributed by atoms with Crippen LogP contribution in [-0.4, -0.2) is 27.1 Å². The van der Waals surface area contributed by atoms with Crippen molar-refractivity contribution in [3.8, 4) is 0 Å². The Morgan fingerprint density at radius 3 is 3.25 bits per heavy atom. The summed E-state index contributed by atoms with van der Waals surface area (Å²) in [5, 5.41) is 18.2. The summed E-state index contributed by atoms with van der Waals surface area (Å²) in [4.78, 5) is 6.92. The third kappa shape index (κ3) is 2.02. The summed E-state index contributed by atoms with van der Waals surface area (Å²) in [6, 6.07) is 0. The SMILES string of the molecule is [2H]C([2H])([2H])C([2H])([2H])C([2H])([2H])c1ncncc1B(O)O. The molecule has 4 nitrogen and oxygen atoms in total. The molecule has 1 aromatic rings. The van der Waals surface area contributed by atoms with Crippen LogP contribution in [0.15, 0.2) is 12.5 Å². The second-order valence-electron chi connectivity index (χ2n) is 1.95. The van der Waals surface area contributed by atoms with Gasteiger partial charge in [-0.25, -0.2) is 9.97 Å². The molecule has 0 aromatic carbocycles. The van der Waals surface area contributed by atoms with E-state index >= 15 is 0 Å². The lowest BCUT2D eigenvalue weighted by Crippen LogP contribution is -2.34. The third-order valence-electron chi connectivity index (χ3n) is 1.20. The molecular formula is C7H11BN2O2. The predicted octanol–water partition coefficient (Wildman–Crippen LogP) is -0.891. The van der Waals surface area contributed by atoms with Crippen LogP contribution in [0.1, 0.15) is 28.5 Å². The molecule has 1 rings (SSSR count). The normalized spacial score (nSPS) is 22.0. The van der Waals surface area contributed by atoms with Gasteiger partial charge in [-0.3, -0.25) is 0 Å². The summed E-state index contributed by atoms with van der Waals surface area (Å²) in [5.41, 5.74) is -1.20. The maximum atomic E-state index is 9.08. The Bertz CT molecular complexity index is 465. The van der Waals surface area contributed by atoms with Crippen molar-refractivity contribution in [1.82, 2.24) is 9.97 Å². The second-order valence-corrected chi connectivity index (χ2v) is 1.95. The van der Waals surface area contributed by atoms with Gasteiger partial charge >= 0.3 is 7.12 Å². The highest BCUT2D eigenvalue weighted by molar-refractivity contribution is 6.58. The van der Waals surface area contributed by atoms with Gasteiger partial charge in [-0.05, 0) is 6.37 Å². The molecule has 5 heteroatoms. The van der Waals surface area contributed by atoms with E-state index in [2.05, 4.69) is 9.97 Å². The van der Waals surface area contributed by atoms with E-state index in [9.17, 15) is 0 Å². The Hall–Kier alpha value is -0.935. The van der Waals surface area contributed by atoms with Crippen LogP contribution in [-0.2, 0) is 6.37 Å². The first kappa shape index (κ1) is 3.43. The van der Waals surface area contributed by atoms with Gasteiger partial charge < -0.3 is 10.0 Å². The van der Waals surface area contributed by atoms with Crippen molar-refractivity contribution in [3.63, 3.8) is 0 Å². The fraction of sp³-hybridized carbons (Fsp3) is 0.429. The van der Waals surface area contributed by atoms with E-state index in [1.54, 1.807) is 0 Å². The molecule has 0 atom stereocenters. The zero-order valence-electron chi connectivity index (χ0n) is 13.0. The predicted molar refractivity (Wildman–Crippen MR) is 45.9 cm³/mol. The van der Waals surface area contributed by atoms with Crippen LogP contribution in [0.5, 0.6) is 0 Å². The maximum Gasteiger partial charge on any atom is 0.491 e. The summed E-state index contributed by atoms with van der Waals surface area (Å²) < 4.78 is 51.5. The molecule has 0 radical (unpaired) electrons. The topological polar surface area (TPSA) is 66.2 Å². The van der Waals surface area contributed by atoms with Crippen LogP contribution < -0.4 is 5.46 Å². The Labute approximate surface area is 81.3 Å². The number of hydrogen-bond donors (Lipinski definition) is 2. The maximum absolute atomic E-state index is 9.08. The summed E-state index contributed by atoms with van der Waals surface area (Å²) >= 11 is 0. The molecular weight excluding hydrogens is 155 g/mol. The lowest BCUT2D eigenvalue weighted by atomic mass is 9.79. The number of aryl methyl sites for hydroxylation is 1. The van der Waals surface area contributed by atoms with E-state index in [-0.39, 0.29) is 0 Å². The largest absolute Gasteiger partial charge is 0.491 e. The first-order chi connectivity index (χ1) is 8.43. The first-order valence-corrected chi connectivity index (χ1v) is 3.09. The zero-order valence-corrected chi connectivity index (χ0v) is 6.02. The molecule has 1 heterocycles. The molecule has 0 bridgehead atoms. The summed E-state index contributed by atoms with van der Waals surface area (Å²) in [6.45, 7) is -3.25. The lowest BCUT2D eigenvalue weighted by Gasteiger charge is -2.04. The molecule has 2 N–H and O–H groups in total. The van der Waals surface area contributed by atoms with Crippen LogP contribution in [0.4, 0.5) is 0 Å². The Morgan fingerprint density at radius 2 is 2.58 bits per heavy atom. The molecule has 0 aliphatic rings. The molecule has 0 aliphatic heterocycles. The highest BCUT2D eigenvalue weighted by Gasteiger charge is 2.15. The van der Waals surface area contributed by atoms with Crippen molar-refractivity contribution < 1.29 is 19.6 Å². The van der Waals surface area contributed by atoms with Gasteiger partial charge in [0.25, 0.3) is 0 Å². The molecule has 12 heavy (non-hydrogen) atoms. The van der Waals surface area contributed by atoms with Crippen LogP contribution in [0.3, 0.4) is 0 Å². The van der Waals surface area contributed by atoms with Gasteiger partial charge in [0, 0.05) is 26.9 Å². The monoisotopic (exact) mass is 173 g/mol. The van der Waals surface area contributed by atoms with E-state index in [1.807, 2.05) is 0 Å². The smallest absolute Gasteiger partial charge is 0.423 e. The van der Waals surface area contributed by atoms with Gasteiger partial charge in [0.1, 0.15) is 6.33 Å². The van der Waals surface area contributed by atoms with Crippen LogP contribution in [0.2, 0.25) is 0 Å². The van der Waals surface area contributed by atoms with Gasteiger partial charge in [-0.2, -0.15) is 0 Å². The number of aromatic nitrogens is 2. The van der Waals surface area contributed by atoms with E-state index in [1.165, 1.54) is 0 Å². The molecule has 0 aliphatic carbocycles. The van der Waals surface area contributed by atoms with Gasteiger partial charge in [0.15, 0.2) is 0 Å². The van der Waals surface area contributed by atoms with Crippen molar-refractivity contribution in [3.05, 3.63) is 18.2 Å². The van der Waals surface area contributed by atoms with E-state index in [0.717, 1.165) is 12.5 Å². The highest BCUT2D eigenvalue weighted by atomic mass is 16.4. The number of nitrogens with zero attached hydrogens (tertiary/aromatic N) is 2. The Morgan fingerprint density at radius 1 is 1.75 bits per heavy atom. The molecule has 1 aromatic heterocycles. The quantitative estimate of drug-likeness (QED) is 0.582. The molecule has 0 amide bonds. The molecule has 0 saturated carbocycles. The molecule has 64 valence electrons. The van der Waals surface area contributed by atoms with Crippen molar-refractivity contribution in [1.29, 1.82) is 0 Å². The highest BCUT2D eigenvalue weighted by Crippen LogP contribution is 1.94. The van der Waals surface area contributed by atoms with Crippen molar-refractivity contribution >= 4 is 12.6 Å².